The maximum absolute atomic E-state index is 11.5. The van der Waals surface area contributed by atoms with E-state index in [2.05, 4.69) is 0 Å². The molecule has 4 heteroatoms. The molecule has 0 aromatic heterocycles. The van der Waals surface area contributed by atoms with Crippen molar-refractivity contribution in [3.05, 3.63) is 35.5 Å². The first-order valence-electron chi connectivity index (χ1n) is 5.72. The zero-order valence-corrected chi connectivity index (χ0v) is 9.94. The summed E-state index contributed by atoms with van der Waals surface area (Å²) in [6.07, 6.45) is 3.36. The van der Waals surface area contributed by atoms with E-state index in [9.17, 15) is 4.79 Å². The average Bonchev–Trinajstić information content (AvgIpc) is 2.36. The fourth-order valence-electron chi connectivity index (χ4n) is 2.20. The lowest BCUT2D eigenvalue weighted by molar-refractivity contribution is -0.116. The molecule has 1 aliphatic rings. The van der Waals surface area contributed by atoms with Crippen LogP contribution in [-0.2, 0) is 11.2 Å². The lowest BCUT2D eigenvalue weighted by atomic mass is 9.98. The first-order valence-corrected chi connectivity index (χ1v) is 5.72. The summed E-state index contributed by atoms with van der Waals surface area (Å²) in [5.74, 6) is 0.0843. The predicted octanol–water partition coefficient (Wildman–Crippen LogP) is 1.20. The van der Waals surface area contributed by atoms with Crippen molar-refractivity contribution in [1.82, 2.24) is 0 Å². The molecule has 0 atom stereocenters. The zero-order valence-electron chi connectivity index (χ0n) is 9.94. The molecule has 0 spiro atoms. The summed E-state index contributed by atoms with van der Waals surface area (Å²) in [7, 11) is 0. The largest absolute Gasteiger partial charge is 0.403 e. The second-order valence-electron chi connectivity index (χ2n) is 4.24. The van der Waals surface area contributed by atoms with E-state index >= 15 is 0 Å². The van der Waals surface area contributed by atoms with Crippen LogP contribution in [0, 0.1) is 0 Å². The van der Waals surface area contributed by atoms with Gasteiger partial charge in [-0.2, -0.15) is 0 Å². The summed E-state index contributed by atoms with van der Waals surface area (Å²) < 4.78 is 0. The zero-order chi connectivity index (χ0) is 12.4. The number of hydrogen-bond donors (Lipinski definition) is 2. The Morgan fingerprint density at radius 2 is 2.24 bits per heavy atom. The Kier molecular flexibility index (Phi) is 3.04. The molecule has 4 N–H and O–H groups in total. The molecule has 90 valence electrons. The van der Waals surface area contributed by atoms with Gasteiger partial charge in [0, 0.05) is 25.4 Å². The molecule has 1 heterocycles. The van der Waals surface area contributed by atoms with E-state index in [0.717, 1.165) is 36.2 Å². The van der Waals surface area contributed by atoms with Gasteiger partial charge in [0.15, 0.2) is 0 Å². The van der Waals surface area contributed by atoms with Gasteiger partial charge < -0.3 is 16.4 Å². The van der Waals surface area contributed by atoms with E-state index in [1.165, 1.54) is 6.20 Å². The molecular weight excluding hydrogens is 214 g/mol. The molecule has 0 bridgehead atoms. The number of hydrogen-bond acceptors (Lipinski definition) is 3. The van der Waals surface area contributed by atoms with Gasteiger partial charge in [-0.3, -0.25) is 4.79 Å². The van der Waals surface area contributed by atoms with Crippen molar-refractivity contribution in [3.63, 3.8) is 0 Å². The third kappa shape index (κ3) is 2.11. The molecule has 1 aromatic rings. The number of benzene rings is 1. The molecule has 4 nitrogen and oxygen atoms in total. The van der Waals surface area contributed by atoms with Crippen molar-refractivity contribution in [2.24, 2.45) is 11.5 Å². The SMILES string of the molecule is CC(=O)N1CCCc2cc(/C(N)=C/N)ccc21. The molecule has 0 aliphatic carbocycles. The number of aryl methyl sites for hydroxylation is 1. The van der Waals surface area contributed by atoms with Gasteiger partial charge in [-0.25, -0.2) is 0 Å². The average molecular weight is 231 g/mol. The van der Waals surface area contributed by atoms with E-state index < -0.39 is 0 Å². The molecule has 0 unspecified atom stereocenters. The van der Waals surface area contributed by atoms with Gasteiger partial charge in [0.25, 0.3) is 0 Å². The smallest absolute Gasteiger partial charge is 0.223 e. The van der Waals surface area contributed by atoms with Crippen LogP contribution in [0.25, 0.3) is 5.70 Å². The van der Waals surface area contributed by atoms with Gasteiger partial charge in [-0.15, -0.1) is 0 Å². The number of amides is 1. The summed E-state index contributed by atoms with van der Waals surface area (Å²) in [4.78, 5) is 13.3. The Morgan fingerprint density at radius 3 is 2.88 bits per heavy atom. The molecule has 0 fully saturated rings. The molecule has 1 amide bonds. The molecule has 1 aromatic carbocycles. The van der Waals surface area contributed by atoms with Gasteiger partial charge >= 0.3 is 0 Å². The van der Waals surface area contributed by atoms with Crippen molar-refractivity contribution < 1.29 is 4.79 Å². The highest BCUT2D eigenvalue weighted by Gasteiger charge is 2.19. The van der Waals surface area contributed by atoms with Crippen LogP contribution in [0.2, 0.25) is 0 Å². The number of carbonyl (C=O) groups excluding carboxylic acids is 1. The van der Waals surface area contributed by atoms with Gasteiger partial charge in [-0.05, 0) is 36.1 Å². The highest BCUT2D eigenvalue weighted by atomic mass is 16.2. The highest BCUT2D eigenvalue weighted by molar-refractivity contribution is 5.93. The molecule has 2 rings (SSSR count). The monoisotopic (exact) mass is 231 g/mol. The number of nitrogens with two attached hydrogens (primary N) is 2. The Hall–Kier alpha value is -1.97. The molecule has 0 radical (unpaired) electrons. The maximum atomic E-state index is 11.5. The Morgan fingerprint density at radius 1 is 1.47 bits per heavy atom. The van der Waals surface area contributed by atoms with Crippen molar-refractivity contribution in [1.29, 1.82) is 0 Å². The normalized spacial score (nSPS) is 15.6. The fraction of sp³-hybridized carbons (Fsp3) is 0.308. The van der Waals surface area contributed by atoms with Gasteiger partial charge in [0.2, 0.25) is 5.91 Å². The van der Waals surface area contributed by atoms with Crippen molar-refractivity contribution in [2.75, 3.05) is 11.4 Å². The van der Waals surface area contributed by atoms with Crippen molar-refractivity contribution in [2.45, 2.75) is 19.8 Å². The molecule has 0 saturated carbocycles. The van der Waals surface area contributed by atoms with E-state index in [1.807, 2.05) is 23.1 Å². The summed E-state index contributed by atoms with van der Waals surface area (Å²) in [6, 6.07) is 5.86. The van der Waals surface area contributed by atoms with Crippen LogP contribution in [-0.4, -0.2) is 12.5 Å². The number of anilines is 1. The van der Waals surface area contributed by atoms with E-state index in [-0.39, 0.29) is 5.91 Å². The predicted molar refractivity (Wildman–Crippen MR) is 69.1 cm³/mol. The van der Waals surface area contributed by atoms with Crippen LogP contribution >= 0.6 is 0 Å². The quantitative estimate of drug-likeness (QED) is 0.762. The Labute approximate surface area is 101 Å². The molecule has 0 saturated heterocycles. The number of fused-ring (bicyclic) bond motifs is 1. The van der Waals surface area contributed by atoms with Crippen LogP contribution in [0.1, 0.15) is 24.5 Å². The Balaban J connectivity index is 2.43. The van der Waals surface area contributed by atoms with Crippen molar-refractivity contribution in [3.8, 4) is 0 Å². The minimum atomic E-state index is 0.0843. The maximum Gasteiger partial charge on any atom is 0.223 e. The minimum absolute atomic E-state index is 0.0843. The van der Waals surface area contributed by atoms with E-state index in [4.69, 9.17) is 11.5 Å². The van der Waals surface area contributed by atoms with Crippen molar-refractivity contribution >= 4 is 17.3 Å². The second-order valence-corrected chi connectivity index (χ2v) is 4.24. The van der Waals surface area contributed by atoms with E-state index in [1.54, 1.807) is 6.92 Å². The number of carbonyl (C=O) groups is 1. The van der Waals surface area contributed by atoms with Crippen LogP contribution in [0.5, 0.6) is 0 Å². The summed E-state index contributed by atoms with van der Waals surface area (Å²) >= 11 is 0. The van der Waals surface area contributed by atoms with Gasteiger partial charge in [0.1, 0.15) is 0 Å². The fourth-order valence-corrected chi connectivity index (χ4v) is 2.20. The first kappa shape index (κ1) is 11.5. The standard InChI is InChI=1S/C13H17N3O/c1-9(17)16-6-2-3-11-7-10(12(15)8-14)4-5-13(11)16/h4-5,7-8H,2-3,6,14-15H2,1H3/b12-8-. The van der Waals surface area contributed by atoms with Gasteiger partial charge in [0.05, 0.1) is 5.70 Å². The summed E-state index contributed by atoms with van der Waals surface area (Å²) in [5, 5.41) is 0. The molecule has 17 heavy (non-hydrogen) atoms. The Bertz CT molecular complexity index is 480. The third-order valence-corrected chi connectivity index (χ3v) is 3.09. The molecular formula is C13H17N3O. The van der Waals surface area contributed by atoms with Crippen LogP contribution < -0.4 is 16.4 Å². The lowest BCUT2D eigenvalue weighted by Crippen LogP contribution is -2.33. The first-order chi connectivity index (χ1) is 8.13. The van der Waals surface area contributed by atoms with Crippen LogP contribution in [0.3, 0.4) is 0 Å². The molecule has 1 aliphatic heterocycles. The lowest BCUT2D eigenvalue weighted by Gasteiger charge is -2.29. The summed E-state index contributed by atoms with van der Waals surface area (Å²) in [6.45, 7) is 2.39. The number of nitrogens with zero attached hydrogens (tertiary/aromatic N) is 1. The topological polar surface area (TPSA) is 72.3 Å². The van der Waals surface area contributed by atoms with Gasteiger partial charge in [-0.1, -0.05) is 6.07 Å². The van der Waals surface area contributed by atoms with E-state index in [0.29, 0.717) is 5.70 Å². The van der Waals surface area contributed by atoms with Crippen LogP contribution in [0.15, 0.2) is 24.4 Å². The highest BCUT2D eigenvalue weighted by Crippen LogP contribution is 2.29. The summed E-state index contributed by atoms with van der Waals surface area (Å²) in [5.41, 5.74) is 14.8. The second kappa shape index (κ2) is 4.49. The van der Waals surface area contributed by atoms with Crippen LogP contribution in [0.4, 0.5) is 5.69 Å². The number of rotatable bonds is 1. The minimum Gasteiger partial charge on any atom is -0.403 e. The third-order valence-electron chi connectivity index (χ3n) is 3.09.